The average Bonchev–Trinajstić information content (AvgIpc) is 3.39. The Kier molecular flexibility index (Phi) is 5.79. The fraction of sp³-hybridized carbons (Fsp3) is 0.207. The Bertz CT molecular complexity index is 1570. The molecule has 0 unspecified atom stereocenters. The number of aromatic nitrogens is 1. The van der Waals surface area contributed by atoms with E-state index in [1.54, 1.807) is 6.07 Å². The van der Waals surface area contributed by atoms with E-state index in [0.717, 1.165) is 45.5 Å². The van der Waals surface area contributed by atoms with Crippen molar-refractivity contribution in [3.63, 3.8) is 0 Å². The molecule has 2 aliphatic heterocycles. The Morgan fingerprint density at radius 1 is 1.08 bits per heavy atom. The van der Waals surface area contributed by atoms with Crippen LogP contribution < -0.4 is 9.47 Å². The van der Waals surface area contributed by atoms with Gasteiger partial charge in [-0.2, -0.15) is 0 Å². The lowest BCUT2D eigenvalue weighted by Gasteiger charge is -2.30. The first-order valence-corrected chi connectivity index (χ1v) is 12.7. The van der Waals surface area contributed by atoms with E-state index in [0.29, 0.717) is 46.9 Å². The number of para-hydroxylation sites is 1. The Morgan fingerprint density at radius 3 is 2.72 bits per heavy atom. The minimum Gasteiger partial charge on any atom is -0.477 e. The molecule has 1 aromatic heterocycles. The van der Waals surface area contributed by atoms with E-state index in [1.807, 2.05) is 43.3 Å². The largest absolute Gasteiger partial charge is 0.477 e. The van der Waals surface area contributed by atoms with Gasteiger partial charge in [-0.05, 0) is 49.8 Å². The topological polar surface area (TPSA) is 43.7 Å². The van der Waals surface area contributed by atoms with Crippen molar-refractivity contribution in [1.82, 2.24) is 9.47 Å². The maximum atomic E-state index is 13.4. The van der Waals surface area contributed by atoms with Crippen molar-refractivity contribution < 1.29 is 14.3 Å². The molecular formula is C29H24Cl2N2O3. The summed E-state index contributed by atoms with van der Waals surface area (Å²) in [7, 11) is 0. The summed E-state index contributed by atoms with van der Waals surface area (Å²) >= 11 is 12.4. The number of rotatable bonds is 4. The number of carbonyl (C=O) groups is 1. The summed E-state index contributed by atoms with van der Waals surface area (Å²) in [5.74, 6) is 1.59. The zero-order valence-corrected chi connectivity index (χ0v) is 21.5. The van der Waals surface area contributed by atoms with Crippen LogP contribution in [0.3, 0.4) is 0 Å². The number of Topliss-reactive ketones (excluding diaryl/α,β-unsaturated/α-hetero) is 1. The predicted molar refractivity (Wildman–Crippen MR) is 143 cm³/mol. The number of allylic oxidation sites excluding steroid dienone is 1. The minimum atomic E-state index is -0.109. The third-order valence-electron chi connectivity index (χ3n) is 6.86. The maximum absolute atomic E-state index is 13.4. The molecule has 36 heavy (non-hydrogen) atoms. The summed E-state index contributed by atoms with van der Waals surface area (Å²) in [5, 5.41) is 2.33. The SMILES string of the molecule is CCn1cc(/C=C2\Oc3c(cc4c(c3C)OCN(Cc3ccc(Cl)cc3Cl)C4)C2=O)c2ccccc21. The molecule has 0 bridgehead atoms. The number of carbonyl (C=O) groups excluding carboxylic acids is 1. The lowest BCUT2D eigenvalue weighted by atomic mass is 9.99. The van der Waals surface area contributed by atoms with Crippen LogP contribution in [0.5, 0.6) is 11.5 Å². The Hall–Kier alpha value is -3.25. The van der Waals surface area contributed by atoms with Gasteiger partial charge in [-0.25, -0.2) is 0 Å². The molecule has 7 heteroatoms. The van der Waals surface area contributed by atoms with Crippen molar-refractivity contribution in [2.45, 2.75) is 33.5 Å². The van der Waals surface area contributed by atoms with Crippen molar-refractivity contribution in [1.29, 1.82) is 0 Å². The molecule has 0 spiro atoms. The highest BCUT2D eigenvalue weighted by Crippen LogP contribution is 2.43. The highest BCUT2D eigenvalue weighted by atomic mass is 35.5. The first kappa shape index (κ1) is 23.2. The molecule has 0 atom stereocenters. The van der Waals surface area contributed by atoms with Crippen molar-refractivity contribution in [3.8, 4) is 11.5 Å². The lowest BCUT2D eigenvalue weighted by molar-refractivity contribution is 0.0877. The molecule has 2 aliphatic rings. The fourth-order valence-electron chi connectivity index (χ4n) is 5.08. The monoisotopic (exact) mass is 518 g/mol. The second-order valence-electron chi connectivity index (χ2n) is 9.19. The van der Waals surface area contributed by atoms with Crippen molar-refractivity contribution in [3.05, 3.63) is 98.3 Å². The van der Waals surface area contributed by atoms with Gasteiger partial charge in [0.15, 0.2) is 5.76 Å². The van der Waals surface area contributed by atoms with Gasteiger partial charge in [0.25, 0.3) is 0 Å². The van der Waals surface area contributed by atoms with Crippen LogP contribution in [0.15, 0.2) is 60.5 Å². The molecule has 3 heterocycles. The summed E-state index contributed by atoms with van der Waals surface area (Å²) in [6, 6.07) is 15.6. The number of hydrogen-bond donors (Lipinski definition) is 0. The van der Waals surface area contributed by atoms with Crippen LogP contribution in [0.25, 0.3) is 17.0 Å². The van der Waals surface area contributed by atoms with Crippen molar-refractivity contribution in [2.24, 2.45) is 0 Å². The van der Waals surface area contributed by atoms with Crippen molar-refractivity contribution in [2.75, 3.05) is 6.73 Å². The molecule has 0 radical (unpaired) electrons. The maximum Gasteiger partial charge on any atom is 0.231 e. The van der Waals surface area contributed by atoms with Gasteiger partial charge in [-0.3, -0.25) is 9.69 Å². The third kappa shape index (κ3) is 3.88. The predicted octanol–water partition coefficient (Wildman–Crippen LogP) is 7.24. The van der Waals surface area contributed by atoms with E-state index >= 15 is 0 Å². The molecule has 0 fully saturated rings. The summed E-state index contributed by atoms with van der Waals surface area (Å²) in [5.41, 5.74) is 5.46. The molecule has 0 N–H and O–H groups in total. The van der Waals surface area contributed by atoms with Crippen LogP contribution in [0.2, 0.25) is 10.0 Å². The van der Waals surface area contributed by atoms with Gasteiger partial charge >= 0.3 is 0 Å². The van der Waals surface area contributed by atoms with Crippen LogP contribution >= 0.6 is 23.2 Å². The Balaban J connectivity index is 1.31. The summed E-state index contributed by atoms with van der Waals surface area (Å²) in [6.07, 6.45) is 3.92. The van der Waals surface area contributed by atoms with E-state index in [9.17, 15) is 4.79 Å². The zero-order chi connectivity index (χ0) is 25.0. The summed E-state index contributed by atoms with van der Waals surface area (Å²) in [6.45, 7) is 6.57. The number of nitrogens with zero attached hydrogens (tertiary/aromatic N) is 2. The number of aryl methyl sites for hydroxylation is 1. The molecular weight excluding hydrogens is 495 g/mol. The van der Waals surface area contributed by atoms with Crippen LogP contribution in [0, 0.1) is 6.92 Å². The smallest absolute Gasteiger partial charge is 0.231 e. The lowest BCUT2D eigenvalue weighted by Crippen LogP contribution is -2.32. The van der Waals surface area contributed by atoms with E-state index in [1.165, 1.54) is 0 Å². The Labute approximate surface area is 219 Å². The quantitative estimate of drug-likeness (QED) is 0.267. The Morgan fingerprint density at radius 2 is 1.92 bits per heavy atom. The first-order valence-electron chi connectivity index (χ1n) is 11.9. The number of fused-ring (bicyclic) bond motifs is 3. The van der Waals surface area contributed by atoms with E-state index in [2.05, 4.69) is 34.7 Å². The summed E-state index contributed by atoms with van der Waals surface area (Å²) < 4.78 is 14.4. The molecule has 0 aliphatic carbocycles. The average molecular weight is 519 g/mol. The fourth-order valence-corrected chi connectivity index (χ4v) is 5.55. The van der Waals surface area contributed by atoms with Gasteiger partial charge in [-0.15, -0.1) is 0 Å². The van der Waals surface area contributed by atoms with Gasteiger partial charge in [0.05, 0.1) is 5.56 Å². The number of ether oxygens (including phenoxy) is 2. The molecule has 6 rings (SSSR count). The van der Waals surface area contributed by atoms with Crippen molar-refractivity contribution >= 4 is 46.0 Å². The van der Waals surface area contributed by atoms with Gasteiger partial charge in [0, 0.05) is 63.5 Å². The standard InChI is InChI=1S/C29H24Cl2N2O3/c1-3-33-15-19(22-6-4-5-7-25(22)33)11-26-27(34)23-10-20-14-32(13-18-8-9-21(30)12-24(18)31)16-35-28(20)17(2)29(23)36-26/h4-12,15H,3,13-14,16H2,1-2H3/b26-11-. The summed E-state index contributed by atoms with van der Waals surface area (Å²) in [4.78, 5) is 15.6. The van der Waals surface area contributed by atoms with Crippen LogP contribution in [-0.4, -0.2) is 22.0 Å². The second-order valence-corrected chi connectivity index (χ2v) is 10.0. The van der Waals surface area contributed by atoms with Crippen LogP contribution in [0.4, 0.5) is 0 Å². The normalized spacial score (nSPS) is 16.2. The van der Waals surface area contributed by atoms with Gasteiger partial charge in [0.2, 0.25) is 5.78 Å². The van der Waals surface area contributed by atoms with E-state index in [-0.39, 0.29) is 5.78 Å². The minimum absolute atomic E-state index is 0.109. The van der Waals surface area contributed by atoms with E-state index < -0.39 is 0 Å². The molecule has 0 saturated heterocycles. The number of halogens is 2. The van der Waals surface area contributed by atoms with E-state index in [4.69, 9.17) is 32.7 Å². The molecule has 0 amide bonds. The molecule has 4 aromatic rings. The highest BCUT2D eigenvalue weighted by molar-refractivity contribution is 6.35. The highest BCUT2D eigenvalue weighted by Gasteiger charge is 2.34. The number of benzene rings is 3. The molecule has 5 nitrogen and oxygen atoms in total. The van der Waals surface area contributed by atoms with Crippen LogP contribution in [0.1, 0.15) is 39.5 Å². The van der Waals surface area contributed by atoms with Gasteiger partial charge in [-0.1, -0.05) is 47.5 Å². The molecule has 0 saturated carbocycles. The number of ketones is 1. The molecule has 3 aromatic carbocycles. The number of hydrogen-bond acceptors (Lipinski definition) is 4. The molecule has 182 valence electrons. The first-order chi connectivity index (χ1) is 17.4. The zero-order valence-electron chi connectivity index (χ0n) is 20.0. The van der Waals surface area contributed by atoms with Gasteiger partial charge in [0.1, 0.15) is 18.2 Å². The second kappa shape index (κ2) is 9.00. The third-order valence-corrected chi connectivity index (χ3v) is 7.44. The van der Waals surface area contributed by atoms with Gasteiger partial charge < -0.3 is 14.0 Å². The van der Waals surface area contributed by atoms with Crippen LogP contribution in [-0.2, 0) is 19.6 Å².